The zero-order valence-corrected chi connectivity index (χ0v) is 16.8. The summed E-state index contributed by atoms with van der Waals surface area (Å²) in [7, 11) is 1.69. The quantitative estimate of drug-likeness (QED) is 0.687. The molecule has 1 amide bonds. The third-order valence-corrected chi connectivity index (χ3v) is 4.74. The van der Waals surface area contributed by atoms with Crippen molar-refractivity contribution in [2.24, 2.45) is 0 Å². The Hall–Kier alpha value is -2.29. The monoisotopic (exact) mass is 353 g/mol. The van der Waals surface area contributed by atoms with E-state index in [4.69, 9.17) is 4.74 Å². The van der Waals surface area contributed by atoms with E-state index < -0.39 is 0 Å². The van der Waals surface area contributed by atoms with Gasteiger partial charge in [0.05, 0.1) is 7.11 Å². The van der Waals surface area contributed by atoms with Crippen LogP contribution in [0.1, 0.15) is 56.7 Å². The molecule has 1 atom stereocenters. The van der Waals surface area contributed by atoms with Gasteiger partial charge in [-0.05, 0) is 46.2 Å². The average Bonchev–Trinajstić information content (AvgIpc) is 2.59. The van der Waals surface area contributed by atoms with Crippen molar-refractivity contribution in [3.63, 3.8) is 0 Å². The van der Waals surface area contributed by atoms with Crippen LogP contribution in [0.15, 0.2) is 48.5 Å². The van der Waals surface area contributed by atoms with Gasteiger partial charge in [0, 0.05) is 30.0 Å². The molecule has 0 N–H and O–H groups in total. The van der Waals surface area contributed by atoms with Crippen LogP contribution in [-0.2, 0) is 4.79 Å². The minimum Gasteiger partial charge on any atom is -0.496 e. The summed E-state index contributed by atoms with van der Waals surface area (Å²) in [5.74, 6) is 0.976. The number of hydrogen-bond acceptors (Lipinski definition) is 2. The lowest BCUT2D eigenvalue weighted by Gasteiger charge is -2.32. The van der Waals surface area contributed by atoms with Gasteiger partial charge in [0.2, 0.25) is 5.91 Å². The molecule has 2 rings (SSSR count). The van der Waals surface area contributed by atoms with Crippen molar-refractivity contribution in [1.29, 1.82) is 0 Å². The number of amides is 1. The van der Waals surface area contributed by atoms with Gasteiger partial charge in [-0.2, -0.15) is 0 Å². The first-order valence-electron chi connectivity index (χ1n) is 9.35. The molecule has 0 bridgehead atoms. The predicted octanol–water partition coefficient (Wildman–Crippen LogP) is 5.17. The van der Waals surface area contributed by atoms with Crippen molar-refractivity contribution in [2.75, 3.05) is 7.11 Å². The first-order chi connectivity index (χ1) is 12.3. The van der Waals surface area contributed by atoms with Gasteiger partial charge in [0.25, 0.3) is 0 Å². The van der Waals surface area contributed by atoms with E-state index in [1.165, 1.54) is 5.56 Å². The molecule has 0 saturated heterocycles. The van der Waals surface area contributed by atoms with Gasteiger partial charge in [-0.3, -0.25) is 4.79 Å². The van der Waals surface area contributed by atoms with Crippen LogP contribution in [0.4, 0.5) is 0 Å². The summed E-state index contributed by atoms with van der Waals surface area (Å²) < 4.78 is 5.61. The number of methoxy groups -OCH3 is 1. The van der Waals surface area contributed by atoms with E-state index in [9.17, 15) is 4.79 Å². The minimum absolute atomic E-state index is 0.0291. The third kappa shape index (κ3) is 4.66. The Morgan fingerprint density at radius 1 is 1.00 bits per heavy atom. The molecule has 26 heavy (non-hydrogen) atoms. The summed E-state index contributed by atoms with van der Waals surface area (Å²) in [5.41, 5.74) is 3.37. The molecule has 0 saturated carbocycles. The zero-order chi connectivity index (χ0) is 19.3. The number of carbonyl (C=O) groups excluding carboxylic acids is 1. The molecular formula is C23H31NO2. The van der Waals surface area contributed by atoms with E-state index in [0.717, 1.165) is 16.9 Å². The number of carbonyl (C=O) groups is 1. The van der Waals surface area contributed by atoms with E-state index in [2.05, 4.69) is 52.8 Å². The molecule has 0 aliphatic heterocycles. The maximum atomic E-state index is 13.2. The van der Waals surface area contributed by atoms with E-state index in [-0.39, 0.29) is 23.9 Å². The number of ether oxygens (including phenoxy) is 1. The number of rotatable bonds is 7. The molecular weight excluding hydrogens is 322 g/mol. The Morgan fingerprint density at radius 3 is 2.15 bits per heavy atom. The van der Waals surface area contributed by atoms with Crippen LogP contribution in [0.3, 0.4) is 0 Å². The molecule has 0 aliphatic rings. The molecule has 0 aromatic heterocycles. The highest BCUT2D eigenvalue weighted by molar-refractivity contribution is 5.78. The topological polar surface area (TPSA) is 29.5 Å². The largest absolute Gasteiger partial charge is 0.496 e. The fourth-order valence-corrected chi connectivity index (χ4v) is 3.67. The van der Waals surface area contributed by atoms with E-state index in [1.54, 1.807) is 7.11 Å². The van der Waals surface area contributed by atoms with Crippen LogP contribution in [0.5, 0.6) is 5.75 Å². The second kappa shape index (κ2) is 8.88. The summed E-state index contributed by atoms with van der Waals surface area (Å²) >= 11 is 0. The highest BCUT2D eigenvalue weighted by Gasteiger charge is 2.27. The van der Waals surface area contributed by atoms with Crippen LogP contribution in [0.2, 0.25) is 0 Å². The molecule has 0 unspecified atom stereocenters. The molecule has 0 spiro atoms. The van der Waals surface area contributed by atoms with E-state index in [1.807, 2.05) is 35.2 Å². The summed E-state index contributed by atoms with van der Waals surface area (Å²) in [5, 5.41) is 0. The maximum absolute atomic E-state index is 13.2. The van der Waals surface area contributed by atoms with Gasteiger partial charge in [0.15, 0.2) is 0 Å². The second-order valence-electron chi connectivity index (χ2n) is 7.40. The van der Waals surface area contributed by atoms with E-state index >= 15 is 0 Å². The van der Waals surface area contributed by atoms with Crippen molar-refractivity contribution in [3.8, 4) is 5.75 Å². The number of benzene rings is 2. The van der Waals surface area contributed by atoms with Gasteiger partial charge in [-0.1, -0.05) is 48.0 Å². The van der Waals surface area contributed by atoms with Gasteiger partial charge in [-0.15, -0.1) is 0 Å². The summed E-state index contributed by atoms with van der Waals surface area (Å²) in [6.07, 6.45) is 0.431. The Balaban J connectivity index is 2.47. The van der Waals surface area contributed by atoms with Crippen molar-refractivity contribution in [3.05, 3.63) is 65.2 Å². The lowest BCUT2D eigenvalue weighted by molar-refractivity contribution is -0.135. The van der Waals surface area contributed by atoms with Crippen LogP contribution < -0.4 is 4.74 Å². The van der Waals surface area contributed by atoms with Crippen molar-refractivity contribution in [1.82, 2.24) is 4.90 Å². The number of hydrogen-bond donors (Lipinski definition) is 0. The van der Waals surface area contributed by atoms with Crippen molar-refractivity contribution >= 4 is 5.91 Å². The molecule has 0 aliphatic carbocycles. The van der Waals surface area contributed by atoms with Crippen LogP contribution in [-0.4, -0.2) is 30.0 Å². The van der Waals surface area contributed by atoms with Crippen molar-refractivity contribution in [2.45, 2.75) is 59.0 Å². The Kier molecular flexibility index (Phi) is 6.84. The standard InChI is InChI=1S/C23H31NO2/c1-16(2)24(17(3)4)23(25)15-20(19-10-8-7-9-11-19)21-14-18(5)12-13-22(21)26-6/h7-14,16-17,20H,15H2,1-6H3/t20-/m1/s1. The van der Waals surface area contributed by atoms with Gasteiger partial charge < -0.3 is 9.64 Å². The predicted molar refractivity (Wildman–Crippen MR) is 108 cm³/mol. The SMILES string of the molecule is COc1ccc(C)cc1[C@H](CC(=O)N(C(C)C)C(C)C)c1ccccc1. The smallest absolute Gasteiger partial charge is 0.223 e. The molecule has 0 heterocycles. The minimum atomic E-state index is -0.0291. The number of nitrogens with zero attached hydrogens (tertiary/aromatic N) is 1. The lowest BCUT2D eigenvalue weighted by atomic mass is 9.86. The highest BCUT2D eigenvalue weighted by atomic mass is 16.5. The molecule has 140 valence electrons. The fourth-order valence-electron chi connectivity index (χ4n) is 3.67. The highest BCUT2D eigenvalue weighted by Crippen LogP contribution is 2.35. The van der Waals surface area contributed by atoms with Gasteiger partial charge >= 0.3 is 0 Å². The van der Waals surface area contributed by atoms with Crippen LogP contribution in [0, 0.1) is 6.92 Å². The zero-order valence-electron chi connectivity index (χ0n) is 16.8. The Labute approximate surface area is 158 Å². The summed E-state index contributed by atoms with van der Waals surface area (Å²) in [6.45, 7) is 10.4. The molecule has 0 radical (unpaired) electrons. The molecule has 0 fully saturated rings. The average molecular weight is 354 g/mol. The third-order valence-electron chi connectivity index (χ3n) is 4.74. The molecule has 3 heteroatoms. The fraction of sp³-hybridized carbons (Fsp3) is 0.435. The van der Waals surface area contributed by atoms with Gasteiger partial charge in [0.1, 0.15) is 5.75 Å². The Bertz CT molecular complexity index is 714. The van der Waals surface area contributed by atoms with Crippen molar-refractivity contribution < 1.29 is 9.53 Å². The van der Waals surface area contributed by atoms with E-state index in [0.29, 0.717) is 6.42 Å². The first-order valence-corrected chi connectivity index (χ1v) is 9.35. The first kappa shape index (κ1) is 20.0. The summed E-state index contributed by atoms with van der Waals surface area (Å²) in [4.78, 5) is 15.1. The lowest BCUT2D eigenvalue weighted by Crippen LogP contribution is -2.42. The normalized spacial score (nSPS) is 12.3. The molecule has 3 nitrogen and oxygen atoms in total. The van der Waals surface area contributed by atoms with Crippen LogP contribution in [0.25, 0.3) is 0 Å². The maximum Gasteiger partial charge on any atom is 0.223 e. The molecule has 2 aromatic carbocycles. The molecule has 2 aromatic rings. The van der Waals surface area contributed by atoms with Crippen LogP contribution >= 0.6 is 0 Å². The number of aryl methyl sites for hydroxylation is 1. The van der Waals surface area contributed by atoms with Gasteiger partial charge in [-0.25, -0.2) is 0 Å². The Morgan fingerprint density at radius 2 is 1.62 bits per heavy atom. The second-order valence-corrected chi connectivity index (χ2v) is 7.40. The summed E-state index contributed by atoms with van der Waals surface area (Å²) in [6, 6.07) is 16.8.